The highest BCUT2D eigenvalue weighted by atomic mass is 19.1. The van der Waals surface area contributed by atoms with Crippen LogP contribution in [0.3, 0.4) is 0 Å². The van der Waals surface area contributed by atoms with Gasteiger partial charge < -0.3 is 10.8 Å². The second kappa shape index (κ2) is 4.25. The van der Waals surface area contributed by atoms with E-state index in [2.05, 4.69) is 0 Å². The average molecular weight is 215 g/mol. The molecule has 15 heavy (non-hydrogen) atoms. The van der Waals surface area contributed by atoms with Crippen LogP contribution >= 0.6 is 0 Å². The molecule has 3 N–H and O–H groups in total. The largest absolute Gasteiger partial charge is 0.481 e. The molecule has 1 aromatic carbocycles. The number of halogens is 2. The average Bonchev–Trinajstić information content (AvgIpc) is 2.14. The molecular weight excluding hydrogens is 204 g/mol. The Morgan fingerprint density at radius 2 is 2.07 bits per heavy atom. The minimum atomic E-state index is -1.18. The molecule has 0 aliphatic rings. The number of carboxylic acids is 1. The fraction of sp³-hybridized carbons (Fsp3) is 0.300. The summed E-state index contributed by atoms with van der Waals surface area (Å²) in [4.78, 5) is 10.8. The predicted octanol–water partition coefficient (Wildman–Crippen LogP) is 2.13. The summed E-state index contributed by atoms with van der Waals surface area (Å²) in [6.45, 7) is 1.59. The molecule has 0 amide bonds. The molecule has 82 valence electrons. The van der Waals surface area contributed by atoms with Crippen LogP contribution in [0.1, 0.15) is 24.8 Å². The molecule has 1 unspecified atom stereocenters. The zero-order chi connectivity index (χ0) is 11.6. The zero-order valence-corrected chi connectivity index (χ0v) is 8.13. The first kappa shape index (κ1) is 11.4. The second-order valence-corrected chi connectivity index (χ2v) is 3.19. The lowest BCUT2D eigenvalue weighted by atomic mass is 9.96. The fourth-order valence-electron chi connectivity index (χ4n) is 1.37. The van der Waals surface area contributed by atoms with Crippen LogP contribution < -0.4 is 5.73 Å². The topological polar surface area (TPSA) is 63.3 Å². The Bertz CT molecular complexity index is 393. The smallest absolute Gasteiger partial charge is 0.311 e. The van der Waals surface area contributed by atoms with Crippen molar-refractivity contribution in [2.24, 2.45) is 0 Å². The summed E-state index contributed by atoms with van der Waals surface area (Å²) < 4.78 is 26.4. The summed E-state index contributed by atoms with van der Waals surface area (Å²) in [7, 11) is 0. The van der Waals surface area contributed by atoms with E-state index in [1.54, 1.807) is 6.92 Å². The maximum absolute atomic E-state index is 13.3. The molecule has 1 aromatic rings. The van der Waals surface area contributed by atoms with Crippen LogP contribution in [-0.2, 0) is 4.79 Å². The summed E-state index contributed by atoms with van der Waals surface area (Å²) >= 11 is 0. The van der Waals surface area contributed by atoms with Gasteiger partial charge >= 0.3 is 5.97 Å². The quantitative estimate of drug-likeness (QED) is 0.759. The van der Waals surface area contributed by atoms with Crippen molar-refractivity contribution < 1.29 is 18.7 Å². The number of benzene rings is 1. The van der Waals surface area contributed by atoms with Gasteiger partial charge in [0.15, 0.2) is 0 Å². The number of hydrogen-bond acceptors (Lipinski definition) is 2. The van der Waals surface area contributed by atoms with E-state index >= 15 is 0 Å². The normalized spacial score (nSPS) is 12.5. The standard InChI is InChI=1S/C10H11F2NO2/c1-2-5(10(14)15)6-3-8(12)9(13)4-7(6)11/h3-5H,2,13H2,1H3,(H,14,15). The highest BCUT2D eigenvalue weighted by molar-refractivity contribution is 5.76. The molecule has 0 saturated heterocycles. The number of rotatable bonds is 3. The molecule has 1 rings (SSSR count). The Hall–Kier alpha value is -1.65. The number of nitrogens with two attached hydrogens (primary N) is 1. The molecule has 0 spiro atoms. The third-order valence-corrected chi connectivity index (χ3v) is 2.20. The van der Waals surface area contributed by atoms with Crippen LogP contribution in [0, 0.1) is 11.6 Å². The number of hydrogen-bond donors (Lipinski definition) is 2. The van der Waals surface area contributed by atoms with Gasteiger partial charge in [0.1, 0.15) is 11.6 Å². The molecule has 0 aromatic heterocycles. The first-order chi connectivity index (χ1) is 6.97. The molecule has 0 saturated carbocycles. The van der Waals surface area contributed by atoms with E-state index in [0.29, 0.717) is 0 Å². The van der Waals surface area contributed by atoms with Crippen LogP contribution in [0.25, 0.3) is 0 Å². The summed E-state index contributed by atoms with van der Waals surface area (Å²) in [5, 5.41) is 8.79. The fourth-order valence-corrected chi connectivity index (χ4v) is 1.37. The monoisotopic (exact) mass is 215 g/mol. The van der Waals surface area contributed by atoms with E-state index in [9.17, 15) is 13.6 Å². The molecule has 0 fully saturated rings. The van der Waals surface area contributed by atoms with Crippen molar-refractivity contribution in [3.8, 4) is 0 Å². The van der Waals surface area contributed by atoms with Gasteiger partial charge in [0.25, 0.3) is 0 Å². The van der Waals surface area contributed by atoms with Crippen LogP contribution in [0.4, 0.5) is 14.5 Å². The van der Waals surface area contributed by atoms with Gasteiger partial charge in [-0.1, -0.05) is 6.92 Å². The van der Waals surface area contributed by atoms with Crippen molar-refractivity contribution in [3.63, 3.8) is 0 Å². The maximum Gasteiger partial charge on any atom is 0.311 e. The maximum atomic E-state index is 13.3. The Kier molecular flexibility index (Phi) is 3.24. The predicted molar refractivity (Wildman–Crippen MR) is 51.4 cm³/mol. The highest BCUT2D eigenvalue weighted by Gasteiger charge is 2.22. The third-order valence-electron chi connectivity index (χ3n) is 2.20. The number of anilines is 1. The van der Waals surface area contributed by atoms with Crippen LogP contribution in [0.5, 0.6) is 0 Å². The second-order valence-electron chi connectivity index (χ2n) is 3.19. The minimum Gasteiger partial charge on any atom is -0.481 e. The van der Waals surface area contributed by atoms with Crippen LogP contribution in [0.15, 0.2) is 12.1 Å². The van der Waals surface area contributed by atoms with Gasteiger partial charge in [0.05, 0.1) is 11.6 Å². The Balaban J connectivity index is 3.24. The van der Waals surface area contributed by atoms with Gasteiger partial charge in [-0.2, -0.15) is 0 Å². The van der Waals surface area contributed by atoms with Gasteiger partial charge in [-0.25, -0.2) is 8.78 Å². The minimum absolute atomic E-state index is 0.170. The number of carbonyl (C=O) groups is 1. The van der Waals surface area contributed by atoms with Gasteiger partial charge in [-0.15, -0.1) is 0 Å². The zero-order valence-electron chi connectivity index (χ0n) is 8.13. The lowest BCUT2D eigenvalue weighted by molar-refractivity contribution is -0.138. The molecule has 0 radical (unpaired) electrons. The van der Waals surface area contributed by atoms with Crippen LogP contribution in [0.2, 0.25) is 0 Å². The van der Waals surface area contributed by atoms with Gasteiger partial charge in [0.2, 0.25) is 0 Å². The first-order valence-corrected chi connectivity index (χ1v) is 4.44. The molecule has 1 atom stereocenters. The van der Waals surface area contributed by atoms with E-state index in [1.807, 2.05) is 0 Å². The lowest BCUT2D eigenvalue weighted by Crippen LogP contribution is -2.13. The van der Waals surface area contributed by atoms with E-state index in [-0.39, 0.29) is 17.7 Å². The summed E-state index contributed by atoms with van der Waals surface area (Å²) in [5.74, 6) is -3.81. The van der Waals surface area contributed by atoms with Crippen LogP contribution in [-0.4, -0.2) is 11.1 Å². The molecule has 5 heteroatoms. The number of carboxylic acid groups (broad SMARTS) is 1. The van der Waals surface area contributed by atoms with E-state index in [4.69, 9.17) is 10.8 Å². The molecule has 3 nitrogen and oxygen atoms in total. The first-order valence-electron chi connectivity index (χ1n) is 4.44. The molecule has 0 heterocycles. The Morgan fingerprint density at radius 1 is 1.47 bits per heavy atom. The van der Waals surface area contributed by atoms with Gasteiger partial charge in [-0.3, -0.25) is 4.79 Å². The molecular formula is C10H11F2NO2. The van der Waals surface area contributed by atoms with E-state index in [0.717, 1.165) is 12.1 Å². The van der Waals surface area contributed by atoms with E-state index < -0.39 is 23.5 Å². The van der Waals surface area contributed by atoms with Crippen molar-refractivity contribution in [1.29, 1.82) is 0 Å². The highest BCUT2D eigenvalue weighted by Crippen LogP contribution is 2.26. The summed E-state index contributed by atoms with van der Waals surface area (Å²) in [6, 6.07) is 1.64. The van der Waals surface area contributed by atoms with E-state index in [1.165, 1.54) is 0 Å². The van der Waals surface area contributed by atoms with Gasteiger partial charge in [-0.05, 0) is 12.5 Å². The molecule has 0 bridgehead atoms. The summed E-state index contributed by atoms with van der Waals surface area (Å²) in [5.41, 5.74) is 4.65. The van der Waals surface area contributed by atoms with Crippen molar-refractivity contribution in [3.05, 3.63) is 29.3 Å². The van der Waals surface area contributed by atoms with Crippen molar-refractivity contribution in [2.45, 2.75) is 19.3 Å². The van der Waals surface area contributed by atoms with Gasteiger partial charge in [0, 0.05) is 11.6 Å². The Morgan fingerprint density at radius 3 is 2.53 bits per heavy atom. The van der Waals surface area contributed by atoms with Crippen molar-refractivity contribution in [1.82, 2.24) is 0 Å². The third kappa shape index (κ3) is 2.23. The van der Waals surface area contributed by atoms with Crippen molar-refractivity contribution in [2.75, 3.05) is 5.73 Å². The Labute approximate surface area is 85.5 Å². The lowest BCUT2D eigenvalue weighted by Gasteiger charge is -2.11. The van der Waals surface area contributed by atoms with Crippen molar-refractivity contribution >= 4 is 11.7 Å². The number of aliphatic carboxylic acids is 1. The molecule has 0 aliphatic carbocycles. The number of nitrogen functional groups attached to an aromatic ring is 1. The molecule has 0 aliphatic heterocycles. The summed E-state index contributed by atoms with van der Waals surface area (Å²) in [6.07, 6.45) is 0.190. The SMILES string of the molecule is CCC(C(=O)O)c1cc(F)c(N)cc1F.